The van der Waals surface area contributed by atoms with Crippen LogP contribution in [0.1, 0.15) is 12.1 Å². The minimum Gasteiger partial charge on any atom is -0.464 e. The van der Waals surface area contributed by atoms with Gasteiger partial charge in [0, 0.05) is 39.0 Å². The molecule has 0 aliphatic carbocycles. The third-order valence-corrected chi connectivity index (χ3v) is 0.798. The monoisotopic (exact) mass is 320 g/mol. The molecule has 1 rings (SSSR count). The minimum atomic E-state index is -1.48. The summed E-state index contributed by atoms with van der Waals surface area (Å²) < 4.78 is 4.59. The normalized spacial score (nSPS) is 8.30. The summed E-state index contributed by atoms with van der Waals surface area (Å²) in [5, 5.41) is 16.7. The van der Waals surface area contributed by atoms with Gasteiger partial charge in [-0.25, -0.2) is 0 Å². The Kier molecular flexibility index (Phi) is 8.07. The zero-order valence-corrected chi connectivity index (χ0v) is 8.06. The maximum absolute atomic E-state index is 8.37. The van der Waals surface area contributed by atoms with Gasteiger partial charge in [-0.1, -0.05) is 0 Å². The number of furan rings is 1. The van der Waals surface area contributed by atoms with Gasteiger partial charge in [-0.2, -0.15) is 0 Å². The van der Waals surface area contributed by atoms with Crippen molar-refractivity contribution in [3.05, 3.63) is 24.2 Å². The molecule has 0 unspecified atom stereocenters. The summed E-state index contributed by atoms with van der Waals surface area (Å²) in [4.78, 5) is 0. The van der Waals surface area contributed by atoms with Crippen molar-refractivity contribution in [3.63, 3.8) is 0 Å². The van der Waals surface area contributed by atoms with E-state index in [2.05, 4.69) is 4.42 Å². The van der Waals surface area contributed by atoms with Crippen LogP contribution < -0.4 is 0 Å². The van der Waals surface area contributed by atoms with Gasteiger partial charge in [0.25, 0.3) is 0 Å². The second kappa shape index (κ2) is 6.18. The Morgan fingerprint density at radius 3 is 2.10 bits per heavy atom. The summed E-state index contributed by atoms with van der Waals surface area (Å²) >= 11 is 0. The van der Waals surface area contributed by atoms with Gasteiger partial charge in [0.15, 0.2) is 5.76 Å². The Balaban J connectivity index is 0. The summed E-state index contributed by atoms with van der Waals surface area (Å²) in [5.74, 6) is 0.171. The molecular formula is C5H6O3Rh2. The predicted molar refractivity (Wildman–Crippen MR) is 25.9 cm³/mol. The molecule has 0 saturated heterocycles. The Labute approximate surface area is 83.9 Å². The van der Waals surface area contributed by atoms with Gasteiger partial charge in [-0.3, -0.25) is 0 Å². The van der Waals surface area contributed by atoms with Crippen molar-refractivity contribution in [2.75, 3.05) is 0 Å². The zero-order chi connectivity index (χ0) is 5.98. The third-order valence-electron chi connectivity index (χ3n) is 0.798. The number of hydrogen-bond donors (Lipinski definition) is 2. The Hall–Kier alpha value is 0.447. The fourth-order valence-electron chi connectivity index (χ4n) is 0.438. The maximum atomic E-state index is 8.37. The van der Waals surface area contributed by atoms with Gasteiger partial charge in [-0.15, -0.1) is 0 Å². The molecule has 10 heavy (non-hydrogen) atoms. The summed E-state index contributed by atoms with van der Waals surface area (Å²) in [5.41, 5.74) is 0. The number of aliphatic hydroxyl groups excluding tert-OH is 1. The van der Waals surface area contributed by atoms with E-state index in [1.54, 1.807) is 6.07 Å². The molecule has 0 saturated carbocycles. The molecule has 0 spiro atoms. The molecule has 5 heteroatoms. The van der Waals surface area contributed by atoms with Crippen molar-refractivity contribution in [3.8, 4) is 0 Å². The van der Waals surface area contributed by atoms with Crippen LogP contribution in [0.4, 0.5) is 0 Å². The van der Waals surface area contributed by atoms with Crippen molar-refractivity contribution in [2.24, 2.45) is 0 Å². The molecule has 1 heterocycles. The van der Waals surface area contributed by atoms with E-state index < -0.39 is 6.29 Å². The quantitative estimate of drug-likeness (QED) is 0.577. The predicted octanol–water partition coefficient (Wildman–Crippen LogP) is 0.258. The molecule has 2 radical (unpaired) electrons. The van der Waals surface area contributed by atoms with Crippen molar-refractivity contribution in [2.45, 2.75) is 6.29 Å². The topological polar surface area (TPSA) is 53.6 Å². The van der Waals surface area contributed by atoms with Crippen molar-refractivity contribution >= 4 is 0 Å². The second-order valence-corrected chi connectivity index (χ2v) is 1.39. The summed E-state index contributed by atoms with van der Waals surface area (Å²) in [6.07, 6.45) is -0.0978. The van der Waals surface area contributed by atoms with Crippen LogP contribution in [0.5, 0.6) is 0 Å². The second-order valence-electron chi connectivity index (χ2n) is 1.39. The minimum absolute atomic E-state index is 0. The van der Waals surface area contributed by atoms with E-state index in [-0.39, 0.29) is 44.7 Å². The molecule has 1 aromatic heterocycles. The Morgan fingerprint density at radius 2 is 1.90 bits per heavy atom. The van der Waals surface area contributed by atoms with E-state index in [0.717, 1.165) is 0 Å². The first kappa shape index (κ1) is 13.1. The number of aliphatic hydroxyl groups is 2. The first-order valence-corrected chi connectivity index (χ1v) is 2.20. The molecule has 0 atom stereocenters. The van der Waals surface area contributed by atoms with E-state index in [4.69, 9.17) is 10.2 Å². The van der Waals surface area contributed by atoms with Gasteiger partial charge in [0.05, 0.1) is 6.26 Å². The molecule has 0 fully saturated rings. The van der Waals surface area contributed by atoms with Crippen LogP contribution in [-0.2, 0) is 39.0 Å². The molecule has 3 nitrogen and oxygen atoms in total. The van der Waals surface area contributed by atoms with Crippen LogP contribution in [-0.4, -0.2) is 10.2 Å². The zero-order valence-electron chi connectivity index (χ0n) is 4.78. The van der Waals surface area contributed by atoms with Gasteiger partial charge in [-0.05, 0) is 12.1 Å². The summed E-state index contributed by atoms with van der Waals surface area (Å²) in [6.45, 7) is 0. The molecular weight excluding hydrogens is 314 g/mol. The van der Waals surface area contributed by atoms with Crippen LogP contribution in [0.15, 0.2) is 22.8 Å². The van der Waals surface area contributed by atoms with Crippen LogP contribution in [0.3, 0.4) is 0 Å². The number of hydrogen-bond acceptors (Lipinski definition) is 3. The van der Waals surface area contributed by atoms with Gasteiger partial charge < -0.3 is 14.6 Å². The fourth-order valence-corrected chi connectivity index (χ4v) is 0.438. The Morgan fingerprint density at radius 1 is 1.30 bits per heavy atom. The van der Waals surface area contributed by atoms with E-state index in [0.29, 0.717) is 0 Å². The van der Waals surface area contributed by atoms with Gasteiger partial charge in [0.1, 0.15) is 0 Å². The molecule has 0 bridgehead atoms. The van der Waals surface area contributed by atoms with Crippen LogP contribution in [0.25, 0.3) is 0 Å². The maximum Gasteiger partial charge on any atom is 0.212 e. The molecule has 1 aromatic rings. The van der Waals surface area contributed by atoms with E-state index in [1.807, 2.05) is 0 Å². The van der Waals surface area contributed by atoms with Gasteiger partial charge in [0.2, 0.25) is 6.29 Å². The average molecular weight is 320 g/mol. The van der Waals surface area contributed by atoms with E-state index >= 15 is 0 Å². The molecule has 62 valence electrons. The molecule has 2 N–H and O–H groups in total. The fraction of sp³-hybridized carbons (Fsp3) is 0.200. The largest absolute Gasteiger partial charge is 0.464 e. The SMILES string of the molecule is OC(O)c1ccco1.[Rh].[Rh]. The first-order chi connectivity index (χ1) is 3.80. The van der Waals surface area contributed by atoms with Crippen LogP contribution in [0.2, 0.25) is 0 Å². The van der Waals surface area contributed by atoms with E-state index in [9.17, 15) is 0 Å². The molecule has 0 amide bonds. The number of rotatable bonds is 1. The van der Waals surface area contributed by atoms with Crippen molar-refractivity contribution < 1.29 is 53.6 Å². The van der Waals surface area contributed by atoms with Crippen molar-refractivity contribution in [1.29, 1.82) is 0 Å². The summed E-state index contributed by atoms with van der Waals surface area (Å²) in [6, 6.07) is 3.08. The standard InChI is InChI=1S/C5H6O3.2Rh/c6-5(7)4-2-1-3-8-4;;/h1-3,5-7H;;. The van der Waals surface area contributed by atoms with Gasteiger partial charge >= 0.3 is 0 Å². The Bertz CT molecular complexity index is 150. The van der Waals surface area contributed by atoms with Crippen molar-refractivity contribution in [1.82, 2.24) is 0 Å². The molecule has 0 aliphatic rings. The molecule has 0 aliphatic heterocycles. The third kappa shape index (κ3) is 3.57. The van der Waals surface area contributed by atoms with Crippen LogP contribution in [0, 0.1) is 0 Å². The smallest absolute Gasteiger partial charge is 0.212 e. The van der Waals surface area contributed by atoms with Crippen LogP contribution >= 0.6 is 0 Å². The average Bonchev–Trinajstić information content (AvgIpc) is 2.12. The summed E-state index contributed by atoms with van der Waals surface area (Å²) in [7, 11) is 0. The first-order valence-electron chi connectivity index (χ1n) is 2.20. The van der Waals surface area contributed by atoms with E-state index in [1.165, 1.54) is 12.3 Å². The molecule has 0 aromatic carbocycles.